The molecule has 1 aromatic carbocycles. The molecule has 0 spiro atoms. The van der Waals surface area contributed by atoms with Crippen LogP contribution in [0.1, 0.15) is 30.6 Å². The molecule has 0 aliphatic carbocycles. The summed E-state index contributed by atoms with van der Waals surface area (Å²) in [5, 5.41) is 3.55. The van der Waals surface area contributed by atoms with Gasteiger partial charge in [0.25, 0.3) is 0 Å². The second kappa shape index (κ2) is 7.36. The number of benzene rings is 1. The number of nitrogens with zero attached hydrogens (tertiary/aromatic N) is 2. The number of aromatic nitrogens is 2. The third-order valence-electron chi connectivity index (χ3n) is 2.98. The molecule has 0 fully saturated rings. The maximum Gasteiger partial charge on any atom is 0.115 e. The Bertz CT molecular complexity index is 502. The lowest BCUT2D eigenvalue weighted by molar-refractivity contribution is 0.516. The Balaban J connectivity index is 2.17. The summed E-state index contributed by atoms with van der Waals surface area (Å²) in [4.78, 5) is 8.35. The van der Waals surface area contributed by atoms with Gasteiger partial charge in [0.1, 0.15) is 6.33 Å². The van der Waals surface area contributed by atoms with E-state index in [-0.39, 0.29) is 6.04 Å². The van der Waals surface area contributed by atoms with E-state index in [1.165, 1.54) is 5.56 Å². The van der Waals surface area contributed by atoms with Crippen molar-refractivity contribution in [2.75, 3.05) is 6.54 Å². The van der Waals surface area contributed by atoms with E-state index in [9.17, 15) is 0 Å². The zero-order valence-corrected chi connectivity index (χ0v) is 12.6. The molecule has 0 aliphatic rings. The Hall–Kier alpha value is -1.26. The second-order valence-corrected chi connectivity index (χ2v) is 5.29. The third-order valence-corrected chi connectivity index (χ3v) is 3.76. The lowest BCUT2D eigenvalue weighted by Crippen LogP contribution is -2.25. The molecule has 100 valence electrons. The lowest BCUT2D eigenvalue weighted by atomic mass is 10.0. The van der Waals surface area contributed by atoms with Crippen LogP contribution in [0.4, 0.5) is 0 Å². The van der Waals surface area contributed by atoms with Crippen molar-refractivity contribution >= 4 is 15.9 Å². The summed E-state index contributed by atoms with van der Waals surface area (Å²) in [6.07, 6.45) is 5.43. The van der Waals surface area contributed by atoms with E-state index in [1.54, 1.807) is 12.5 Å². The predicted octanol–water partition coefficient (Wildman–Crippen LogP) is 3.52. The smallest absolute Gasteiger partial charge is 0.115 e. The lowest BCUT2D eigenvalue weighted by Gasteiger charge is -2.18. The van der Waals surface area contributed by atoms with Gasteiger partial charge in [0, 0.05) is 10.7 Å². The van der Waals surface area contributed by atoms with Gasteiger partial charge in [-0.3, -0.25) is 0 Å². The van der Waals surface area contributed by atoms with Gasteiger partial charge >= 0.3 is 0 Å². The number of hydrogen-bond donors (Lipinski definition) is 1. The topological polar surface area (TPSA) is 37.8 Å². The monoisotopic (exact) mass is 319 g/mol. The van der Waals surface area contributed by atoms with Crippen molar-refractivity contribution in [1.82, 2.24) is 15.3 Å². The zero-order chi connectivity index (χ0) is 13.5. The van der Waals surface area contributed by atoms with E-state index in [2.05, 4.69) is 56.3 Å². The van der Waals surface area contributed by atoms with Gasteiger partial charge in [-0.25, -0.2) is 9.97 Å². The molecule has 2 aromatic rings. The molecule has 1 heterocycles. The summed E-state index contributed by atoms with van der Waals surface area (Å²) < 4.78 is 1.15. The van der Waals surface area contributed by atoms with Crippen LogP contribution in [0.15, 0.2) is 47.3 Å². The highest BCUT2D eigenvalue weighted by molar-refractivity contribution is 9.10. The van der Waals surface area contributed by atoms with E-state index in [0.29, 0.717) is 0 Å². The molecule has 1 unspecified atom stereocenters. The minimum atomic E-state index is 0.224. The molecule has 0 aliphatic heterocycles. The van der Waals surface area contributed by atoms with E-state index in [0.717, 1.165) is 29.6 Å². The predicted molar refractivity (Wildman–Crippen MR) is 80.9 cm³/mol. The second-order valence-electron chi connectivity index (χ2n) is 4.44. The summed E-state index contributed by atoms with van der Waals surface area (Å²) in [5.41, 5.74) is 2.33. The fraction of sp³-hybridized carbons (Fsp3) is 0.333. The molecule has 0 radical (unpaired) electrons. The molecule has 1 N–H and O–H groups in total. The maximum atomic E-state index is 4.37. The van der Waals surface area contributed by atoms with Gasteiger partial charge in [0.05, 0.1) is 11.7 Å². The first-order valence-electron chi connectivity index (χ1n) is 6.54. The van der Waals surface area contributed by atoms with Gasteiger partial charge < -0.3 is 5.32 Å². The Morgan fingerprint density at radius 3 is 2.79 bits per heavy atom. The number of nitrogens with one attached hydrogen (secondary N) is 1. The standard InChI is InChI=1S/C15H18BrN3/c1-2-8-18-15(14-7-9-17-11-19-14)10-12-5-3-4-6-13(12)16/h3-7,9,11,15,18H,2,8,10H2,1H3. The van der Waals surface area contributed by atoms with Crippen LogP contribution in [0.2, 0.25) is 0 Å². The minimum absolute atomic E-state index is 0.224. The largest absolute Gasteiger partial charge is 0.308 e. The van der Waals surface area contributed by atoms with Gasteiger partial charge in [-0.1, -0.05) is 41.1 Å². The SMILES string of the molecule is CCCNC(Cc1ccccc1Br)c1ccncn1. The summed E-state index contributed by atoms with van der Waals surface area (Å²) >= 11 is 3.60. The fourth-order valence-electron chi connectivity index (χ4n) is 1.99. The molecule has 0 amide bonds. The van der Waals surface area contributed by atoms with Gasteiger partial charge in [-0.05, 0) is 37.1 Å². The Morgan fingerprint density at radius 2 is 2.11 bits per heavy atom. The molecule has 1 atom stereocenters. The molecule has 2 rings (SSSR count). The van der Waals surface area contributed by atoms with Crippen LogP contribution in [-0.2, 0) is 6.42 Å². The number of halogens is 1. The van der Waals surface area contributed by atoms with E-state index in [1.807, 2.05) is 12.1 Å². The average molecular weight is 320 g/mol. The molecule has 4 heteroatoms. The van der Waals surface area contributed by atoms with Crippen LogP contribution in [0, 0.1) is 0 Å². The van der Waals surface area contributed by atoms with Crippen molar-refractivity contribution in [3.8, 4) is 0 Å². The molecule has 19 heavy (non-hydrogen) atoms. The molecule has 0 saturated heterocycles. The maximum absolute atomic E-state index is 4.37. The van der Waals surface area contributed by atoms with Gasteiger partial charge in [-0.2, -0.15) is 0 Å². The van der Waals surface area contributed by atoms with E-state index < -0.39 is 0 Å². The molecule has 3 nitrogen and oxygen atoms in total. The molecule has 0 saturated carbocycles. The highest BCUT2D eigenvalue weighted by Crippen LogP contribution is 2.22. The zero-order valence-electron chi connectivity index (χ0n) is 11.0. The molecule has 0 bridgehead atoms. The number of hydrogen-bond acceptors (Lipinski definition) is 3. The van der Waals surface area contributed by atoms with E-state index in [4.69, 9.17) is 0 Å². The minimum Gasteiger partial charge on any atom is -0.308 e. The van der Waals surface area contributed by atoms with E-state index >= 15 is 0 Å². The van der Waals surface area contributed by atoms with Crippen LogP contribution in [0.25, 0.3) is 0 Å². The first kappa shape index (κ1) is 14.2. The summed E-state index contributed by atoms with van der Waals surface area (Å²) in [6.45, 7) is 3.15. The quantitative estimate of drug-likeness (QED) is 0.885. The number of rotatable bonds is 6. The highest BCUT2D eigenvalue weighted by Gasteiger charge is 2.14. The molecule has 1 aromatic heterocycles. The highest BCUT2D eigenvalue weighted by atomic mass is 79.9. The van der Waals surface area contributed by atoms with Crippen molar-refractivity contribution in [3.63, 3.8) is 0 Å². The normalized spacial score (nSPS) is 12.3. The third kappa shape index (κ3) is 4.11. The van der Waals surface area contributed by atoms with Crippen molar-refractivity contribution in [2.45, 2.75) is 25.8 Å². The van der Waals surface area contributed by atoms with Crippen LogP contribution < -0.4 is 5.32 Å². The van der Waals surface area contributed by atoms with Crippen molar-refractivity contribution in [1.29, 1.82) is 0 Å². The van der Waals surface area contributed by atoms with Crippen LogP contribution in [-0.4, -0.2) is 16.5 Å². The van der Waals surface area contributed by atoms with Crippen molar-refractivity contribution in [3.05, 3.63) is 58.6 Å². The summed E-state index contributed by atoms with van der Waals surface area (Å²) in [7, 11) is 0. The van der Waals surface area contributed by atoms with Crippen LogP contribution >= 0.6 is 15.9 Å². The van der Waals surface area contributed by atoms with Gasteiger partial charge in [0.15, 0.2) is 0 Å². The van der Waals surface area contributed by atoms with Crippen molar-refractivity contribution < 1.29 is 0 Å². The fourth-order valence-corrected chi connectivity index (χ4v) is 2.44. The molecular weight excluding hydrogens is 302 g/mol. The Kier molecular flexibility index (Phi) is 5.48. The van der Waals surface area contributed by atoms with Crippen molar-refractivity contribution in [2.24, 2.45) is 0 Å². The Morgan fingerprint density at radius 1 is 1.26 bits per heavy atom. The summed E-state index contributed by atoms with van der Waals surface area (Å²) in [6, 6.07) is 10.5. The van der Waals surface area contributed by atoms with Gasteiger partial charge in [0.2, 0.25) is 0 Å². The first-order chi connectivity index (χ1) is 9.31. The van der Waals surface area contributed by atoms with Crippen LogP contribution in [0.3, 0.4) is 0 Å². The summed E-state index contributed by atoms with van der Waals surface area (Å²) in [5.74, 6) is 0. The first-order valence-corrected chi connectivity index (χ1v) is 7.33. The average Bonchev–Trinajstić information content (AvgIpc) is 2.46. The van der Waals surface area contributed by atoms with Crippen LogP contribution in [0.5, 0.6) is 0 Å². The molecular formula is C15H18BrN3. The Labute approximate surface area is 122 Å². The van der Waals surface area contributed by atoms with Gasteiger partial charge in [-0.15, -0.1) is 0 Å².